The van der Waals surface area contributed by atoms with Gasteiger partial charge in [0.1, 0.15) is 0 Å². The van der Waals surface area contributed by atoms with Gasteiger partial charge >= 0.3 is 0 Å². The SMILES string of the molecule is C#CCN(CC1CC1)CC1(C)CCNC1. The van der Waals surface area contributed by atoms with E-state index in [-0.39, 0.29) is 0 Å². The highest BCUT2D eigenvalue weighted by atomic mass is 15.1. The molecule has 2 nitrogen and oxygen atoms in total. The molecule has 1 saturated carbocycles. The van der Waals surface area contributed by atoms with Crippen molar-refractivity contribution in [1.82, 2.24) is 10.2 Å². The molecule has 0 aromatic heterocycles. The Morgan fingerprint density at radius 3 is 2.87 bits per heavy atom. The molecule has 1 aliphatic carbocycles. The van der Waals surface area contributed by atoms with Crippen LogP contribution in [0, 0.1) is 23.7 Å². The van der Waals surface area contributed by atoms with Gasteiger partial charge in [-0.25, -0.2) is 0 Å². The van der Waals surface area contributed by atoms with Crippen LogP contribution >= 0.6 is 0 Å². The lowest BCUT2D eigenvalue weighted by Crippen LogP contribution is -2.38. The Bertz CT molecular complexity index is 244. The highest BCUT2D eigenvalue weighted by Gasteiger charge is 2.32. The van der Waals surface area contributed by atoms with Crippen LogP contribution in [0.15, 0.2) is 0 Å². The van der Waals surface area contributed by atoms with E-state index < -0.39 is 0 Å². The summed E-state index contributed by atoms with van der Waals surface area (Å²) >= 11 is 0. The summed E-state index contributed by atoms with van der Waals surface area (Å²) in [5, 5.41) is 3.45. The molecule has 1 atom stereocenters. The maximum Gasteiger partial charge on any atom is 0.0599 e. The smallest absolute Gasteiger partial charge is 0.0599 e. The molecule has 84 valence electrons. The van der Waals surface area contributed by atoms with Gasteiger partial charge in [0.2, 0.25) is 0 Å². The first-order valence-electron chi connectivity index (χ1n) is 6.08. The Balaban J connectivity index is 1.84. The second-order valence-electron chi connectivity index (χ2n) is 5.55. The first kappa shape index (κ1) is 11.0. The van der Waals surface area contributed by atoms with Crippen LogP contribution in [-0.4, -0.2) is 37.6 Å². The topological polar surface area (TPSA) is 15.3 Å². The van der Waals surface area contributed by atoms with Gasteiger partial charge in [-0.2, -0.15) is 0 Å². The van der Waals surface area contributed by atoms with E-state index >= 15 is 0 Å². The molecule has 2 rings (SSSR count). The van der Waals surface area contributed by atoms with E-state index in [4.69, 9.17) is 6.42 Å². The highest BCUT2D eigenvalue weighted by Crippen LogP contribution is 2.32. The fourth-order valence-electron chi connectivity index (χ4n) is 2.52. The van der Waals surface area contributed by atoms with Crippen molar-refractivity contribution in [3.63, 3.8) is 0 Å². The molecule has 0 radical (unpaired) electrons. The quantitative estimate of drug-likeness (QED) is 0.683. The number of nitrogens with one attached hydrogen (secondary N) is 1. The molecule has 1 aliphatic heterocycles. The van der Waals surface area contributed by atoms with Crippen LogP contribution in [0.25, 0.3) is 0 Å². The minimum Gasteiger partial charge on any atom is -0.316 e. The van der Waals surface area contributed by atoms with E-state index in [0.29, 0.717) is 5.41 Å². The Morgan fingerprint density at radius 2 is 2.33 bits per heavy atom. The minimum absolute atomic E-state index is 0.450. The molecule has 0 spiro atoms. The largest absolute Gasteiger partial charge is 0.316 e. The summed E-state index contributed by atoms with van der Waals surface area (Å²) in [6, 6.07) is 0. The molecule has 0 bridgehead atoms. The van der Waals surface area contributed by atoms with E-state index in [1.807, 2.05) is 0 Å². The van der Waals surface area contributed by atoms with Gasteiger partial charge in [0.05, 0.1) is 6.54 Å². The Labute approximate surface area is 93.4 Å². The van der Waals surface area contributed by atoms with Gasteiger partial charge in [0, 0.05) is 19.6 Å². The van der Waals surface area contributed by atoms with Crippen LogP contribution in [0.3, 0.4) is 0 Å². The fourth-order valence-corrected chi connectivity index (χ4v) is 2.52. The normalized spacial score (nSPS) is 30.7. The van der Waals surface area contributed by atoms with E-state index in [0.717, 1.165) is 19.0 Å². The summed E-state index contributed by atoms with van der Waals surface area (Å²) in [6.07, 6.45) is 9.55. The third-order valence-corrected chi connectivity index (χ3v) is 3.59. The van der Waals surface area contributed by atoms with Crippen molar-refractivity contribution in [2.75, 3.05) is 32.7 Å². The van der Waals surface area contributed by atoms with Crippen molar-refractivity contribution >= 4 is 0 Å². The second kappa shape index (κ2) is 4.55. The van der Waals surface area contributed by atoms with E-state index in [2.05, 4.69) is 23.1 Å². The molecule has 15 heavy (non-hydrogen) atoms. The molecule has 1 saturated heterocycles. The molecule has 2 aliphatic rings. The predicted octanol–water partition coefficient (Wildman–Crippen LogP) is 1.33. The molecule has 2 heteroatoms. The zero-order chi connectivity index (χ0) is 10.7. The molecule has 0 amide bonds. The summed E-state index contributed by atoms with van der Waals surface area (Å²) in [5.41, 5.74) is 0.450. The standard InChI is InChI=1S/C13H22N2/c1-3-8-15(9-12-4-5-12)11-13(2)6-7-14-10-13/h1,12,14H,4-11H2,2H3. The molecule has 1 heterocycles. The van der Waals surface area contributed by atoms with Gasteiger partial charge in [-0.3, -0.25) is 4.90 Å². The van der Waals surface area contributed by atoms with E-state index in [9.17, 15) is 0 Å². The number of hydrogen-bond donors (Lipinski definition) is 1. The maximum atomic E-state index is 5.44. The van der Waals surface area contributed by atoms with Crippen LogP contribution in [0.5, 0.6) is 0 Å². The van der Waals surface area contributed by atoms with Gasteiger partial charge in [-0.1, -0.05) is 12.8 Å². The van der Waals surface area contributed by atoms with Gasteiger partial charge < -0.3 is 5.32 Å². The van der Waals surface area contributed by atoms with Crippen molar-refractivity contribution in [3.8, 4) is 12.3 Å². The summed E-state index contributed by atoms with van der Waals surface area (Å²) in [4.78, 5) is 2.48. The van der Waals surface area contributed by atoms with Crippen LogP contribution in [0.1, 0.15) is 26.2 Å². The van der Waals surface area contributed by atoms with Crippen LogP contribution in [0.2, 0.25) is 0 Å². The first-order chi connectivity index (χ1) is 7.22. The zero-order valence-electron chi connectivity index (χ0n) is 9.76. The summed E-state index contributed by atoms with van der Waals surface area (Å²) < 4.78 is 0. The minimum atomic E-state index is 0.450. The molecule has 1 N–H and O–H groups in total. The van der Waals surface area contributed by atoms with Crippen molar-refractivity contribution in [1.29, 1.82) is 0 Å². The molecule has 1 unspecified atom stereocenters. The van der Waals surface area contributed by atoms with Crippen molar-refractivity contribution in [2.45, 2.75) is 26.2 Å². The fraction of sp³-hybridized carbons (Fsp3) is 0.846. The number of terminal acetylenes is 1. The average Bonchev–Trinajstić information content (AvgIpc) is 2.89. The van der Waals surface area contributed by atoms with Crippen LogP contribution in [0.4, 0.5) is 0 Å². The highest BCUT2D eigenvalue weighted by molar-refractivity contribution is 4.94. The van der Waals surface area contributed by atoms with Crippen LogP contribution < -0.4 is 5.32 Å². The third kappa shape index (κ3) is 3.22. The van der Waals surface area contributed by atoms with Crippen LogP contribution in [-0.2, 0) is 0 Å². The maximum absolute atomic E-state index is 5.44. The zero-order valence-corrected chi connectivity index (χ0v) is 9.76. The Hall–Kier alpha value is -0.520. The lowest BCUT2D eigenvalue weighted by Gasteiger charge is -2.30. The van der Waals surface area contributed by atoms with Crippen molar-refractivity contribution in [3.05, 3.63) is 0 Å². The summed E-state index contributed by atoms with van der Waals surface area (Å²) in [7, 11) is 0. The second-order valence-corrected chi connectivity index (χ2v) is 5.55. The molecular weight excluding hydrogens is 184 g/mol. The molecular formula is C13H22N2. The molecule has 0 aromatic rings. The van der Waals surface area contributed by atoms with Gasteiger partial charge in [-0.15, -0.1) is 6.42 Å². The lowest BCUT2D eigenvalue weighted by atomic mass is 9.89. The van der Waals surface area contributed by atoms with E-state index in [1.54, 1.807) is 0 Å². The number of hydrogen-bond acceptors (Lipinski definition) is 2. The van der Waals surface area contributed by atoms with Gasteiger partial charge in [-0.05, 0) is 37.1 Å². The summed E-state index contributed by atoms with van der Waals surface area (Å²) in [5.74, 6) is 3.74. The molecule has 2 fully saturated rings. The lowest BCUT2D eigenvalue weighted by molar-refractivity contribution is 0.189. The third-order valence-electron chi connectivity index (χ3n) is 3.59. The molecule has 0 aromatic carbocycles. The number of nitrogens with zero attached hydrogens (tertiary/aromatic N) is 1. The summed E-state index contributed by atoms with van der Waals surface area (Å²) in [6.45, 7) is 7.92. The number of rotatable bonds is 5. The van der Waals surface area contributed by atoms with Gasteiger partial charge in [0.15, 0.2) is 0 Å². The van der Waals surface area contributed by atoms with Crippen molar-refractivity contribution < 1.29 is 0 Å². The first-order valence-corrected chi connectivity index (χ1v) is 6.08. The van der Waals surface area contributed by atoms with E-state index in [1.165, 1.54) is 38.9 Å². The Kier molecular flexibility index (Phi) is 3.33. The monoisotopic (exact) mass is 206 g/mol. The Morgan fingerprint density at radius 1 is 1.53 bits per heavy atom. The average molecular weight is 206 g/mol. The van der Waals surface area contributed by atoms with Crippen molar-refractivity contribution in [2.24, 2.45) is 11.3 Å². The predicted molar refractivity (Wildman–Crippen MR) is 63.6 cm³/mol. The van der Waals surface area contributed by atoms with Gasteiger partial charge in [0.25, 0.3) is 0 Å².